The molecule has 0 spiro atoms. The summed E-state index contributed by atoms with van der Waals surface area (Å²) in [6.07, 6.45) is 3.82. The summed E-state index contributed by atoms with van der Waals surface area (Å²) in [5.74, 6) is 2.60. The van der Waals surface area contributed by atoms with E-state index >= 15 is 0 Å². The third-order valence-corrected chi connectivity index (χ3v) is 6.37. The lowest BCUT2D eigenvalue weighted by atomic mass is 10.2. The van der Waals surface area contributed by atoms with Gasteiger partial charge in [-0.1, -0.05) is 24.6 Å². The van der Waals surface area contributed by atoms with Gasteiger partial charge in [-0.05, 0) is 45.2 Å². The average molecular weight is 419 g/mol. The second kappa shape index (κ2) is 7.94. The molecule has 0 atom stereocenters. The Hall–Kier alpha value is -2.96. The van der Waals surface area contributed by atoms with E-state index in [4.69, 9.17) is 15.1 Å². The molecule has 1 aromatic carbocycles. The van der Waals surface area contributed by atoms with E-state index < -0.39 is 0 Å². The molecule has 162 valence electrons. The Bertz CT molecular complexity index is 1120. The summed E-state index contributed by atoms with van der Waals surface area (Å²) >= 11 is 0. The molecule has 1 aliphatic carbocycles. The third kappa shape index (κ3) is 3.77. The molecule has 2 fully saturated rings. The van der Waals surface area contributed by atoms with E-state index in [0.29, 0.717) is 12.3 Å². The molecule has 0 N–H and O–H groups in total. The number of aromatic nitrogens is 4. The molecule has 7 heteroatoms. The van der Waals surface area contributed by atoms with Gasteiger partial charge in [-0.15, -0.1) is 0 Å². The van der Waals surface area contributed by atoms with Crippen molar-refractivity contribution >= 4 is 22.8 Å². The fraction of sp³-hybridized carbons (Fsp3) is 0.500. The van der Waals surface area contributed by atoms with Crippen molar-refractivity contribution in [1.82, 2.24) is 24.6 Å². The zero-order chi connectivity index (χ0) is 21.5. The first kappa shape index (κ1) is 20.0. The summed E-state index contributed by atoms with van der Waals surface area (Å²) in [5.41, 5.74) is 4.07. The van der Waals surface area contributed by atoms with E-state index in [1.807, 2.05) is 23.4 Å². The number of rotatable bonds is 4. The van der Waals surface area contributed by atoms with Crippen LogP contribution in [0, 0.1) is 13.8 Å². The van der Waals surface area contributed by atoms with Crippen LogP contribution in [0.3, 0.4) is 0 Å². The normalized spacial score (nSPS) is 17.3. The van der Waals surface area contributed by atoms with E-state index in [-0.39, 0.29) is 5.91 Å². The maximum Gasteiger partial charge on any atom is 0.222 e. The molecule has 5 rings (SSSR count). The molecule has 0 unspecified atom stereocenters. The van der Waals surface area contributed by atoms with Crippen molar-refractivity contribution in [3.63, 3.8) is 0 Å². The van der Waals surface area contributed by atoms with Gasteiger partial charge in [0.25, 0.3) is 0 Å². The highest BCUT2D eigenvalue weighted by molar-refractivity contribution is 5.91. The topological polar surface area (TPSA) is 67.2 Å². The average Bonchev–Trinajstić information content (AvgIpc) is 3.60. The smallest absolute Gasteiger partial charge is 0.222 e. The van der Waals surface area contributed by atoms with Gasteiger partial charge < -0.3 is 9.80 Å². The van der Waals surface area contributed by atoms with Crippen LogP contribution >= 0.6 is 0 Å². The number of anilines is 1. The molecule has 1 saturated heterocycles. The van der Waals surface area contributed by atoms with Crippen LogP contribution in [0.2, 0.25) is 0 Å². The van der Waals surface area contributed by atoms with Gasteiger partial charge in [-0.3, -0.25) is 4.79 Å². The summed E-state index contributed by atoms with van der Waals surface area (Å²) in [4.78, 5) is 26.6. The minimum absolute atomic E-state index is 0.233. The Morgan fingerprint density at radius 2 is 1.81 bits per heavy atom. The summed E-state index contributed by atoms with van der Waals surface area (Å²) in [5, 5.41) is 5.90. The minimum atomic E-state index is 0.233. The Kier molecular flexibility index (Phi) is 5.12. The highest BCUT2D eigenvalue weighted by atomic mass is 16.2. The second-order valence-electron chi connectivity index (χ2n) is 8.79. The van der Waals surface area contributed by atoms with Crippen LogP contribution in [0.15, 0.2) is 24.3 Å². The van der Waals surface area contributed by atoms with Crippen molar-refractivity contribution in [3.05, 3.63) is 41.3 Å². The lowest BCUT2D eigenvalue weighted by molar-refractivity contribution is -0.130. The maximum atomic E-state index is 12.2. The van der Waals surface area contributed by atoms with Crippen LogP contribution in [-0.4, -0.2) is 56.7 Å². The molecule has 7 nitrogen and oxygen atoms in total. The zero-order valence-electron chi connectivity index (χ0n) is 18.6. The van der Waals surface area contributed by atoms with Gasteiger partial charge in [0.1, 0.15) is 11.6 Å². The monoisotopic (exact) mass is 418 g/mol. The molecule has 0 radical (unpaired) electrons. The van der Waals surface area contributed by atoms with Crippen molar-refractivity contribution < 1.29 is 4.79 Å². The van der Waals surface area contributed by atoms with Crippen LogP contribution in [0.5, 0.6) is 0 Å². The first-order valence-corrected chi connectivity index (χ1v) is 11.4. The van der Waals surface area contributed by atoms with Gasteiger partial charge in [-0.2, -0.15) is 5.10 Å². The fourth-order valence-corrected chi connectivity index (χ4v) is 4.40. The van der Waals surface area contributed by atoms with Crippen molar-refractivity contribution in [1.29, 1.82) is 0 Å². The highest BCUT2D eigenvalue weighted by Gasteiger charge is 2.31. The van der Waals surface area contributed by atoms with E-state index in [0.717, 1.165) is 79.5 Å². The van der Waals surface area contributed by atoms with Crippen LogP contribution < -0.4 is 4.90 Å². The largest absolute Gasteiger partial charge is 0.354 e. The molecule has 1 aliphatic heterocycles. The highest BCUT2D eigenvalue weighted by Crippen LogP contribution is 2.40. The quantitative estimate of drug-likeness (QED) is 0.645. The van der Waals surface area contributed by atoms with E-state index in [2.05, 4.69) is 36.1 Å². The third-order valence-electron chi connectivity index (χ3n) is 6.37. The van der Waals surface area contributed by atoms with E-state index in [1.54, 1.807) is 0 Å². The molecule has 1 amide bonds. The number of carbonyl (C=O) groups is 1. The number of amides is 1. The van der Waals surface area contributed by atoms with Crippen LogP contribution in [0.25, 0.3) is 16.7 Å². The SMILES string of the molecule is CCC(=O)N1CCCN(c2nc(C3CC3)nc3c2c(C)nn3-c2ccc(C)cc2)CC1. The Balaban J connectivity index is 1.59. The van der Waals surface area contributed by atoms with E-state index in [9.17, 15) is 4.79 Å². The van der Waals surface area contributed by atoms with Gasteiger partial charge in [0.15, 0.2) is 5.65 Å². The predicted molar refractivity (Wildman–Crippen MR) is 122 cm³/mol. The van der Waals surface area contributed by atoms with Crippen molar-refractivity contribution in [2.75, 3.05) is 31.1 Å². The fourth-order valence-electron chi connectivity index (χ4n) is 4.40. The van der Waals surface area contributed by atoms with Crippen LogP contribution in [-0.2, 0) is 4.79 Å². The number of carbonyl (C=O) groups excluding carboxylic acids is 1. The number of hydrogen-bond acceptors (Lipinski definition) is 5. The Labute approximate surface area is 183 Å². The standard InChI is InChI=1S/C24H30N6O/c1-4-20(31)28-12-5-13-29(15-14-28)23-21-17(3)27-30(19-10-6-16(2)7-11-19)24(21)26-22(25-23)18-8-9-18/h6-7,10-11,18H,4-5,8-9,12-15H2,1-3H3. The zero-order valence-corrected chi connectivity index (χ0v) is 18.6. The van der Waals surface area contributed by atoms with Gasteiger partial charge >= 0.3 is 0 Å². The van der Waals surface area contributed by atoms with Gasteiger partial charge in [-0.25, -0.2) is 14.6 Å². The Morgan fingerprint density at radius 3 is 2.52 bits per heavy atom. The molecule has 3 heterocycles. The molecular weight excluding hydrogens is 388 g/mol. The summed E-state index contributed by atoms with van der Waals surface area (Å²) in [6.45, 7) is 9.30. The first-order chi connectivity index (χ1) is 15.0. The van der Waals surface area contributed by atoms with Crippen molar-refractivity contribution in [2.24, 2.45) is 0 Å². The number of fused-ring (bicyclic) bond motifs is 1. The molecule has 1 saturated carbocycles. The number of nitrogens with zero attached hydrogens (tertiary/aromatic N) is 6. The first-order valence-electron chi connectivity index (χ1n) is 11.4. The minimum Gasteiger partial charge on any atom is -0.354 e. The molecule has 2 aliphatic rings. The molecule has 3 aromatic rings. The summed E-state index contributed by atoms with van der Waals surface area (Å²) in [7, 11) is 0. The molecule has 31 heavy (non-hydrogen) atoms. The number of aryl methyl sites for hydroxylation is 2. The lowest BCUT2D eigenvalue weighted by Crippen LogP contribution is -2.35. The molecular formula is C24H30N6O. The van der Waals surface area contributed by atoms with Crippen LogP contribution in [0.4, 0.5) is 5.82 Å². The van der Waals surface area contributed by atoms with Crippen molar-refractivity contribution in [2.45, 2.75) is 52.4 Å². The predicted octanol–water partition coefficient (Wildman–Crippen LogP) is 3.76. The molecule has 2 aromatic heterocycles. The number of hydrogen-bond donors (Lipinski definition) is 0. The summed E-state index contributed by atoms with van der Waals surface area (Å²) < 4.78 is 1.96. The molecule has 0 bridgehead atoms. The van der Waals surface area contributed by atoms with Gasteiger partial charge in [0.2, 0.25) is 5.91 Å². The van der Waals surface area contributed by atoms with Gasteiger partial charge in [0.05, 0.1) is 16.8 Å². The summed E-state index contributed by atoms with van der Waals surface area (Å²) in [6, 6.07) is 8.41. The number of benzene rings is 1. The van der Waals surface area contributed by atoms with Crippen molar-refractivity contribution in [3.8, 4) is 5.69 Å². The second-order valence-corrected chi connectivity index (χ2v) is 8.79. The Morgan fingerprint density at radius 1 is 1.03 bits per heavy atom. The maximum absolute atomic E-state index is 12.2. The van der Waals surface area contributed by atoms with Crippen LogP contribution in [0.1, 0.15) is 55.6 Å². The van der Waals surface area contributed by atoms with E-state index in [1.165, 1.54) is 5.56 Å². The van der Waals surface area contributed by atoms with Gasteiger partial charge in [0, 0.05) is 38.5 Å². The lowest BCUT2D eigenvalue weighted by Gasteiger charge is -2.24.